The van der Waals surface area contributed by atoms with Gasteiger partial charge in [-0.15, -0.1) is 28.1 Å². The van der Waals surface area contributed by atoms with Gasteiger partial charge < -0.3 is 15.2 Å². The van der Waals surface area contributed by atoms with E-state index in [0.717, 1.165) is 5.69 Å². The van der Waals surface area contributed by atoms with Gasteiger partial charge >= 0.3 is 0 Å². The lowest BCUT2D eigenvalue weighted by Gasteiger charge is -2.21. The summed E-state index contributed by atoms with van der Waals surface area (Å²) in [6.45, 7) is 10.2. The molecule has 0 unspecified atom stereocenters. The van der Waals surface area contributed by atoms with Crippen molar-refractivity contribution in [1.82, 2.24) is 25.1 Å². The lowest BCUT2D eigenvalue weighted by atomic mass is 10.0. The average molecular weight is 554 g/mol. The van der Waals surface area contributed by atoms with Crippen molar-refractivity contribution in [3.8, 4) is 0 Å². The molecule has 12 heteroatoms. The van der Waals surface area contributed by atoms with Crippen LogP contribution in [0, 0.1) is 12.8 Å². The van der Waals surface area contributed by atoms with E-state index in [4.69, 9.17) is 23.2 Å². The number of hydrogen-bond acceptors (Lipinski definition) is 7. The standard InChI is InChI=1S/C23H26Cl2N6O2S2/c1-5-8-31-20(29-30-23(31)35-12-19(32)28-22-26-14(4)11-34-22)18(9-13(2)3)27-21(33)16-7-6-15(24)10-17(16)25/h5-7,10-11,13,18H,1,8-9,12H2,2-4H3,(H,27,33)(H,26,28,32)/t18-/m1/s1. The number of thiazole rings is 1. The first-order chi connectivity index (χ1) is 16.7. The summed E-state index contributed by atoms with van der Waals surface area (Å²) in [5.41, 5.74) is 1.18. The number of aromatic nitrogens is 4. The van der Waals surface area contributed by atoms with E-state index in [1.807, 2.05) is 16.9 Å². The molecular formula is C23H26Cl2N6O2S2. The Morgan fingerprint density at radius 3 is 2.69 bits per heavy atom. The SMILES string of the molecule is C=CCn1c(SCC(=O)Nc2nc(C)cs2)nnc1[C@@H](CC(C)C)NC(=O)c1ccc(Cl)cc1Cl. The summed E-state index contributed by atoms with van der Waals surface area (Å²) in [4.78, 5) is 29.7. The molecule has 0 bridgehead atoms. The van der Waals surface area contributed by atoms with Crippen molar-refractivity contribution in [3.05, 3.63) is 63.4 Å². The zero-order valence-corrected chi connectivity index (χ0v) is 22.7. The van der Waals surface area contributed by atoms with Crippen LogP contribution in [0.5, 0.6) is 0 Å². The number of nitrogens with one attached hydrogen (secondary N) is 2. The van der Waals surface area contributed by atoms with Crippen LogP contribution in [-0.2, 0) is 11.3 Å². The van der Waals surface area contributed by atoms with Crippen LogP contribution in [0.4, 0.5) is 5.13 Å². The molecule has 0 aliphatic rings. The molecular weight excluding hydrogens is 527 g/mol. The van der Waals surface area contributed by atoms with Crippen LogP contribution in [0.15, 0.2) is 41.4 Å². The largest absolute Gasteiger partial charge is 0.342 e. The highest BCUT2D eigenvalue weighted by atomic mass is 35.5. The maximum atomic E-state index is 13.0. The van der Waals surface area contributed by atoms with Gasteiger partial charge in [0.15, 0.2) is 16.1 Å². The number of benzene rings is 1. The van der Waals surface area contributed by atoms with Gasteiger partial charge in [-0.3, -0.25) is 9.59 Å². The van der Waals surface area contributed by atoms with Gasteiger partial charge in [0.2, 0.25) is 5.91 Å². The predicted octanol–water partition coefficient (Wildman–Crippen LogP) is 5.78. The van der Waals surface area contributed by atoms with Gasteiger partial charge in [0.25, 0.3) is 5.91 Å². The summed E-state index contributed by atoms with van der Waals surface area (Å²) in [5, 5.41) is 18.2. The highest BCUT2D eigenvalue weighted by Crippen LogP contribution is 2.27. The normalized spacial score (nSPS) is 11.9. The number of rotatable bonds is 11. The van der Waals surface area contributed by atoms with Gasteiger partial charge in [0, 0.05) is 16.9 Å². The molecule has 0 radical (unpaired) electrons. The summed E-state index contributed by atoms with van der Waals surface area (Å²) in [5.74, 6) is 0.449. The topological polar surface area (TPSA) is 102 Å². The van der Waals surface area contributed by atoms with Crippen molar-refractivity contribution in [2.75, 3.05) is 11.1 Å². The maximum Gasteiger partial charge on any atom is 0.253 e. The average Bonchev–Trinajstić information content (AvgIpc) is 3.37. The fourth-order valence-electron chi connectivity index (χ4n) is 3.27. The van der Waals surface area contributed by atoms with Crippen LogP contribution < -0.4 is 10.6 Å². The molecule has 0 saturated heterocycles. The van der Waals surface area contributed by atoms with Crippen molar-refractivity contribution in [3.63, 3.8) is 0 Å². The smallest absolute Gasteiger partial charge is 0.253 e. The number of hydrogen-bond donors (Lipinski definition) is 2. The van der Waals surface area contributed by atoms with Crippen molar-refractivity contribution in [1.29, 1.82) is 0 Å². The molecule has 2 aromatic heterocycles. The van der Waals surface area contributed by atoms with Crippen molar-refractivity contribution >= 4 is 63.2 Å². The number of amides is 2. The second-order valence-electron chi connectivity index (χ2n) is 8.15. The first-order valence-corrected chi connectivity index (χ1v) is 13.4. The first kappa shape index (κ1) is 27.2. The third-order valence-corrected chi connectivity index (χ3v) is 7.14. The molecule has 0 aliphatic heterocycles. The van der Waals surface area contributed by atoms with E-state index >= 15 is 0 Å². The third kappa shape index (κ3) is 7.54. The lowest BCUT2D eigenvalue weighted by Crippen LogP contribution is -2.32. The molecule has 0 fully saturated rings. The van der Waals surface area contributed by atoms with E-state index in [-0.39, 0.29) is 28.5 Å². The second-order valence-corrected chi connectivity index (χ2v) is 10.8. The number of allylic oxidation sites excluding steroid dienone is 1. The molecule has 2 amide bonds. The molecule has 0 spiro atoms. The number of carbonyl (C=O) groups excluding carboxylic acids is 2. The van der Waals surface area contributed by atoms with E-state index in [0.29, 0.717) is 39.7 Å². The first-order valence-electron chi connectivity index (χ1n) is 10.8. The van der Waals surface area contributed by atoms with Gasteiger partial charge in [-0.1, -0.05) is 54.9 Å². The summed E-state index contributed by atoms with van der Waals surface area (Å²) in [7, 11) is 0. The number of carbonyl (C=O) groups is 2. The fourth-order valence-corrected chi connectivity index (χ4v) is 5.23. The lowest BCUT2D eigenvalue weighted by molar-refractivity contribution is -0.113. The fraction of sp³-hybridized carbons (Fsp3) is 0.348. The van der Waals surface area contributed by atoms with Gasteiger partial charge in [-0.05, 0) is 37.5 Å². The minimum Gasteiger partial charge on any atom is -0.342 e. The van der Waals surface area contributed by atoms with Crippen LogP contribution in [0.25, 0.3) is 0 Å². The Balaban J connectivity index is 1.79. The minimum absolute atomic E-state index is 0.134. The van der Waals surface area contributed by atoms with Crippen LogP contribution in [0.1, 0.15) is 48.2 Å². The van der Waals surface area contributed by atoms with Crippen LogP contribution in [-0.4, -0.2) is 37.3 Å². The van der Waals surface area contributed by atoms with Gasteiger partial charge in [0.05, 0.1) is 28.1 Å². The summed E-state index contributed by atoms with van der Waals surface area (Å²) >= 11 is 14.8. The van der Waals surface area contributed by atoms with Crippen LogP contribution >= 0.6 is 46.3 Å². The monoisotopic (exact) mass is 552 g/mol. The Bertz CT molecular complexity index is 1210. The van der Waals surface area contributed by atoms with E-state index in [1.165, 1.54) is 29.2 Å². The van der Waals surface area contributed by atoms with Crippen LogP contribution in [0.3, 0.4) is 0 Å². The Morgan fingerprint density at radius 1 is 1.29 bits per heavy atom. The number of aryl methyl sites for hydroxylation is 1. The van der Waals surface area contributed by atoms with Crippen molar-refractivity contribution in [2.24, 2.45) is 5.92 Å². The van der Waals surface area contributed by atoms with Crippen LogP contribution in [0.2, 0.25) is 10.0 Å². The number of anilines is 1. The van der Waals surface area contributed by atoms with Gasteiger partial charge in [0.1, 0.15) is 0 Å². The molecule has 35 heavy (non-hydrogen) atoms. The van der Waals surface area contributed by atoms with Gasteiger partial charge in [-0.2, -0.15) is 0 Å². The van der Waals surface area contributed by atoms with Crippen molar-refractivity contribution < 1.29 is 9.59 Å². The Hall–Kier alpha value is -2.40. The minimum atomic E-state index is -0.428. The van der Waals surface area contributed by atoms with E-state index in [1.54, 1.807) is 18.2 Å². The third-order valence-electron chi connectivity index (χ3n) is 4.75. The Morgan fingerprint density at radius 2 is 2.06 bits per heavy atom. The number of thioether (sulfide) groups is 1. The Labute approximate surface area is 222 Å². The molecule has 3 aromatic rings. The quantitative estimate of drug-likeness (QED) is 0.231. The van der Waals surface area contributed by atoms with Gasteiger partial charge in [-0.25, -0.2) is 4.98 Å². The molecule has 8 nitrogen and oxygen atoms in total. The highest BCUT2D eigenvalue weighted by molar-refractivity contribution is 7.99. The zero-order valence-electron chi connectivity index (χ0n) is 19.5. The summed E-state index contributed by atoms with van der Waals surface area (Å²) in [6, 6.07) is 4.31. The van der Waals surface area contributed by atoms with E-state index in [2.05, 4.69) is 46.2 Å². The van der Waals surface area contributed by atoms with Crippen molar-refractivity contribution in [2.45, 2.75) is 44.9 Å². The number of nitrogens with zero attached hydrogens (tertiary/aromatic N) is 4. The van der Waals surface area contributed by atoms with E-state index < -0.39 is 6.04 Å². The maximum absolute atomic E-state index is 13.0. The molecule has 0 aliphatic carbocycles. The Kier molecular flexibility index (Phi) is 9.73. The molecule has 1 aromatic carbocycles. The molecule has 2 N–H and O–H groups in total. The molecule has 0 saturated carbocycles. The highest BCUT2D eigenvalue weighted by Gasteiger charge is 2.25. The predicted molar refractivity (Wildman–Crippen MR) is 143 cm³/mol. The summed E-state index contributed by atoms with van der Waals surface area (Å²) < 4.78 is 1.86. The molecule has 186 valence electrons. The molecule has 2 heterocycles. The molecule has 3 rings (SSSR count). The molecule has 1 atom stereocenters. The summed E-state index contributed by atoms with van der Waals surface area (Å²) in [6.07, 6.45) is 2.35. The zero-order chi connectivity index (χ0) is 25.5. The second kappa shape index (κ2) is 12.5. The van der Waals surface area contributed by atoms with E-state index in [9.17, 15) is 9.59 Å². The number of halogens is 2.